The van der Waals surface area contributed by atoms with Crippen LogP contribution < -0.4 is 0 Å². The Labute approximate surface area is 119 Å². The largest absolute Gasteiger partial charge is 0.330 e. The van der Waals surface area contributed by atoms with Crippen molar-refractivity contribution in [1.82, 2.24) is 9.55 Å². The molecule has 2 aromatic rings. The molecule has 1 aromatic heterocycles. The van der Waals surface area contributed by atoms with Gasteiger partial charge in [0, 0.05) is 18.0 Å². The maximum absolute atomic E-state index is 12.3. The van der Waals surface area contributed by atoms with Crippen LogP contribution in [0.1, 0.15) is 53.1 Å². The zero-order valence-electron chi connectivity index (χ0n) is 11.9. The van der Waals surface area contributed by atoms with Crippen LogP contribution in [0, 0.1) is 6.92 Å². The van der Waals surface area contributed by atoms with Gasteiger partial charge in [0.1, 0.15) is 0 Å². The van der Waals surface area contributed by atoms with Crippen LogP contribution in [0.15, 0.2) is 36.9 Å². The van der Waals surface area contributed by atoms with Crippen molar-refractivity contribution >= 4 is 5.78 Å². The van der Waals surface area contributed by atoms with Crippen molar-refractivity contribution in [2.24, 2.45) is 0 Å². The number of carbonyl (C=O) groups is 1. The topological polar surface area (TPSA) is 34.9 Å². The molecule has 1 heterocycles. The second-order valence-corrected chi connectivity index (χ2v) is 5.71. The highest BCUT2D eigenvalue weighted by atomic mass is 16.1. The second kappa shape index (κ2) is 5.61. The number of benzene rings is 1. The van der Waals surface area contributed by atoms with Crippen molar-refractivity contribution in [1.29, 1.82) is 0 Å². The Morgan fingerprint density at radius 3 is 2.80 bits per heavy atom. The molecule has 1 aromatic carbocycles. The lowest BCUT2D eigenvalue weighted by Gasteiger charge is -2.13. The Morgan fingerprint density at radius 2 is 2.15 bits per heavy atom. The number of aromatic nitrogens is 2. The average molecular weight is 268 g/mol. The maximum Gasteiger partial charge on any atom is 0.182 e. The van der Waals surface area contributed by atoms with Crippen molar-refractivity contribution in [2.45, 2.75) is 45.1 Å². The van der Waals surface area contributed by atoms with E-state index in [1.54, 1.807) is 12.5 Å². The van der Waals surface area contributed by atoms with E-state index in [-0.39, 0.29) is 5.78 Å². The van der Waals surface area contributed by atoms with E-state index in [1.165, 1.54) is 31.2 Å². The van der Waals surface area contributed by atoms with Crippen LogP contribution in [-0.4, -0.2) is 15.3 Å². The molecule has 0 amide bonds. The molecule has 0 saturated heterocycles. The highest BCUT2D eigenvalue weighted by Gasteiger charge is 2.18. The molecule has 0 unspecified atom stereocenters. The van der Waals surface area contributed by atoms with E-state index in [4.69, 9.17) is 0 Å². The molecule has 1 aliphatic rings. The van der Waals surface area contributed by atoms with E-state index in [0.29, 0.717) is 12.5 Å². The minimum atomic E-state index is 0.151. The Hall–Kier alpha value is -1.90. The number of nitrogens with zero attached hydrogens (tertiary/aromatic N) is 2. The van der Waals surface area contributed by atoms with Gasteiger partial charge in [0.2, 0.25) is 0 Å². The van der Waals surface area contributed by atoms with Gasteiger partial charge in [-0.05, 0) is 36.8 Å². The number of aryl methyl sites for hydroxylation is 1. The lowest BCUT2D eigenvalue weighted by Crippen LogP contribution is -2.10. The fraction of sp³-hybridized carbons (Fsp3) is 0.412. The highest BCUT2D eigenvalue weighted by Crippen LogP contribution is 2.34. The van der Waals surface area contributed by atoms with Crippen molar-refractivity contribution < 1.29 is 4.79 Å². The third-order valence-corrected chi connectivity index (χ3v) is 4.26. The van der Waals surface area contributed by atoms with Gasteiger partial charge in [-0.3, -0.25) is 4.79 Å². The number of carbonyl (C=O) groups excluding carboxylic acids is 1. The summed E-state index contributed by atoms with van der Waals surface area (Å²) in [5.74, 6) is 0.852. The lowest BCUT2D eigenvalue weighted by molar-refractivity contribution is 0.0971. The zero-order chi connectivity index (χ0) is 13.9. The third kappa shape index (κ3) is 2.67. The first-order valence-corrected chi connectivity index (χ1v) is 7.33. The van der Waals surface area contributed by atoms with Crippen LogP contribution in [0.5, 0.6) is 0 Å². The normalized spacial score (nSPS) is 15.7. The average Bonchev–Trinajstić information content (AvgIpc) is 3.11. The van der Waals surface area contributed by atoms with E-state index < -0.39 is 0 Å². The minimum Gasteiger partial charge on any atom is -0.330 e. The summed E-state index contributed by atoms with van der Waals surface area (Å²) in [6.45, 7) is 2.41. The van der Waals surface area contributed by atoms with Gasteiger partial charge >= 0.3 is 0 Å². The van der Waals surface area contributed by atoms with Crippen LogP contribution in [0.3, 0.4) is 0 Å². The molecule has 1 aliphatic carbocycles. The molecule has 104 valence electrons. The van der Waals surface area contributed by atoms with Crippen molar-refractivity contribution in [3.63, 3.8) is 0 Å². The molecule has 0 radical (unpaired) electrons. The monoisotopic (exact) mass is 268 g/mol. The standard InChI is InChI=1S/C17H20N2O/c1-13-10-15(14-4-2-3-5-14)6-7-16(13)17(20)11-19-9-8-18-12-19/h6-10,12,14H,2-5,11H2,1H3. The van der Waals surface area contributed by atoms with Gasteiger partial charge in [-0.2, -0.15) is 0 Å². The first kappa shape index (κ1) is 13.1. The van der Waals surface area contributed by atoms with Gasteiger partial charge in [-0.15, -0.1) is 0 Å². The fourth-order valence-corrected chi connectivity index (χ4v) is 3.14. The van der Waals surface area contributed by atoms with Crippen LogP contribution in [0.2, 0.25) is 0 Å². The second-order valence-electron chi connectivity index (χ2n) is 5.71. The summed E-state index contributed by atoms with van der Waals surface area (Å²) >= 11 is 0. The number of rotatable bonds is 4. The molecule has 0 spiro atoms. The van der Waals surface area contributed by atoms with E-state index in [9.17, 15) is 4.79 Å². The van der Waals surface area contributed by atoms with Crippen molar-refractivity contribution in [2.75, 3.05) is 0 Å². The van der Waals surface area contributed by atoms with Gasteiger partial charge in [0.05, 0.1) is 12.9 Å². The van der Waals surface area contributed by atoms with Gasteiger partial charge in [-0.1, -0.05) is 31.0 Å². The van der Waals surface area contributed by atoms with Crippen LogP contribution in [0.25, 0.3) is 0 Å². The molecular weight excluding hydrogens is 248 g/mol. The van der Waals surface area contributed by atoms with E-state index in [0.717, 1.165) is 11.1 Å². The highest BCUT2D eigenvalue weighted by molar-refractivity contribution is 5.97. The third-order valence-electron chi connectivity index (χ3n) is 4.26. The SMILES string of the molecule is Cc1cc(C2CCCC2)ccc1C(=O)Cn1ccnc1. The van der Waals surface area contributed by atoms with Crippen molar-refractivity contribution in [3.8, 4) is 0 Å². The Kier molecular flexibility index (Phi) is 3.68. The fourth-order valence-electron chi connectivity index (χ4n) is 3.14. The van der Waals surface area contributed by atoms with E-state index >= 15 is 0 Å². The summed E-state index contributed by atoms with van der Waals surface area (Å²) in [4.78, 5) is 16.3. The molecule has 3 rings (SSSR count). The maximum atomic E-state index is 12.3. The number of hydrogen-bond acceptors (Lipinski definition) is 2. The summed E-state index contributed by atoms with van der Waals surface area (Å²) in [6, 6.07) is 6.35. The first-order valence-electron chi connectivity index (χ1n) is 7.33. The smallest absolute Gasteiger partial charge is 0.182 e. The molecule has 3 nitrogen and oxygen atoms in total. The van der Waals surface area contributed by atoms with E-state index in [1.807, 2.05) is 23.8 Å². The van der Waals surface area contributed by atoms with E-state index in [2.05, 4.69) is 17.1 Å². The molecule has 3 heteroatoms. The first-order chi connectivity index (χ1) is 9.74. The molecule has 0 atom stereocenters. The summed E-state index contributed by atoms with van der Waals surface area (Å²) in [6.07, 6.45) is 10.5. The molecule has 1 fully saturated rings. The van der Waals surface area contributed by atoms with Gasteiger partial charge in [-0.25, -0.2) is 4.98 Å². The molecule has 0 bridgehead atoms. The summed E-state index contributed by atoms with van der Waals surface area (Å²) in [7, 11) is 0. The van der Waals surface area contributed by atoms with Gasteiger partial charge < -0.3 is 4.57 Å². The Morgan fingerprint density at radius 1 is 1.35 bits per heavy atom. The minimum absolute atomic E-state index is 0.151. The van der Waals surface area contributed by atoms with Gasteiger partial charge in [0.15, 0.2) is 5.78 Å². The summed E-state index contributed by atoms with van der Waals surface area (Å²) < 4.78 is 1.81. The van der Waals surface area contributed by atoms with Crippen LogP contribution in [0.4, 0.5) is 0 Å². The zero-order valence-corrected chi connectivity index (χ0v) is 11.9. The number of imidazole rings is 1. The van der Waals surface area contributed by atoms with Crippen LogP contribution in [-0.2, 0) is 6.54 Å². The lowest BCUT2D eigenvalue weighted by atomic mass is 9.93. The van der Waals surface area contributed by atoms with Crippen molar-refractivity contribution in [3.05, 3.63) is 53.6 Å². The quantitative estimate of drug-likeness (QED) is 0.792. The molecule has 0 aliphatic heterocycles. The summed E-state index contributed by atoms with van der Waals surface area (Å²) in [5, 5.41) is 0. The Balaban J connectivity index is 1.78. The number of Topliss-reactive ketones (excluding diaryl/α,β-unsaturated/α-hetero) is 1. The predicted molar refractivity (Wildman–Crippen MR) is 78.9 cm³/mol. The predicted octanol–water partition coefficient (Wildman–Crippen LogP) is 3.73. The van der Waals surface area contributed by atoms with Gasteiger partial charge in [0.25, 0.3) is 0 Å². The molecular formula is C17H20N2O. The summed E-state index contributed by atoms with van der Waals surface area (Å²) in [5.41, 5.74) is 3.33. The number of hydrogen-bond donors (Lipinski definition) is 0. The Bertz CT molecular complexity index is 595. The molecule has 20 heavy (non-hydrogen) atoms. The van der Waals surface area contributed by atoms with Crippen LogP contribution >= 0.6 is 0 Å². The molecule has 1 saturated carbocycles. The number of ketones is 1. The molecule has 0 N–H and O–H groups in total.